The molecule has 0 aromatic carbocycles. The number of nitrogens with zero attached hydrogens (tertiary/aromatic N) is 5. The van der Waals surface area contributed by atoms with Gasteiger partial charge in [0, 0.05) is 31.2 Å². The molecule has 1 aliphatic carbocycles. The molecule has 0 bridgehead atoms. The minimum absolute atomic E-state index is 0.0628. The molecule has 1 saturated carbocycles. The summed E-state index contributed by atoms with van der Waals surface area (Å²) in [5, 5.41) is 0. The van der Waals surface area contributed by atoms with E-state index >= 15 is 0 Å². The Bertz CT molecular complexity index is 741. The maximum absolute atomic E-state index is 13.1. The second-order valence-electron chi connectivity index (χ2n) is 8.17. The van der Waals surface area contributed by atoms with Crippen molar-refractivity contribution in [3.05, 3.63) is 11.9 Å². The minimum atomic E-state index is -4.58. The molecular weight excluding hydrogens is 347 g/mol. The first kappa shape index (κ1) is 17.5. The number of carbonyl (C=O) groups is 1. The average Bonchev–Trinajstić information content (AvgIpc) is 3.37. The van der Waals surface area contributed by atoms with Crippen molar-refractivity contribution in [1.29, 1.82) is 0 Å². The second kappa shape index (κ2) is 5.55. The van der Waals surface area contributed by atoms with E-state index in [-0.39, 0.29) is 23.3 Å². The normalized spacial score (nSPS) is 24.5. The van der Waals surface area contributed by atoms with Gasteiger partial charge in [0.15, 0.2) is 17.3 Å². The predicted octanol–water partition coefficient (Wildman–Crippen LogP) is 2.29. The van der Waals surface area contributed by atoms with Crippen molar-refractivity contribution in [1.82, 2.24) is 14.9 Å². The molecule has 2 aliphatic heterocycles. The van der Waals surface area contributed by atoms with Crippen molar-refractivity contribution in [3.8, 4) is 0 Å². The van der Waals surface area contributed by atoms with Crippen LogP contribution in [0.5, 0.6) is 0 Å². The van der Waals surface area contributed by atoms with Gasteiger partial charge >= 0.3 is 6.18 Å². The Labute approximate surface area is 150 Å². The Morgan fingerprint density at radius 2 is 1.81 bits per heavy atom. The summed E-state index contributed by atoms with van der Waals surface area (Å²) in [6.07, 6.45) is -2.23. The summed E-state index contributed by atoms with van der Waals surface area (Å²) in [5.41, 5.74) is -1.13. The van der Waals surface area contributed by atoms with Crippen LogP contribution in [0.3, 0.4) is 0 Å². The Hall–Kier alpha value is -1.90. The van der Waals surface area contributed by atoms with Crippen LogP contribution >= 0.6 is 0 Å². The minimum Gasteiger partial charge on any atom is -0.339 e. The van der Waals surface area contributed by atoms with E-state index in [4.69, 9.17) is 0 Å². The molecule has 2 fully saturated rings. The highest BCUT2D eigenvalue weighted by Gasteiger charge is 2.49. The number of hydrogen-bond acceptors (Lipinski definition) is 5. The highest BCUT2D eigenvalue weighted by Crippen LogP contribution is 2.42. The summed E-state index contributed by atoms with van der Waals surface area (Å²) in [6.45, 7) is 8.08. The Morgan fingerprint density at radius 1 is 1.12 bits per heavy atom. The predicted molar refractivity (Wildman–Crippen MR) is 90.0 cm³/mol. The number of rotatable bonds is 1. The summed E-state index contributed by atoms with van der Waals surface area (Å²) in [5.74, 6) is 0.290. The van der Waals surface area contributed by atoms with Gasteiger partial charge in [0.2, 0.25) is 0 Å². The number of anilines is 2. The van der Waals surface area contributed by atoms with Gasteiger partial charge in [-0.15, -0.1) is 0 Å². The molecule has 1 atom stereocenters. The molecule has 4 rings (SSSR count). The van der Waals surface area contributed by atoms with E-state index in [2.05, 4.69) is 35.6 Å². The lowest BCUT2D eigenvalue weighted by Gasteiger charge is -2.50. The number of alkyl halides is 3. The lowest BCUT2D eigenvalue weighted by molar-refractivity contribution is -0.141. The zero-order valence-corrected chi connectivity index (χ0v) is 15.0. The van der Waals surface area contributed by atoms with E-state index in [1.165, 1.54) is 4.90 Å². The van der Waals surface area contributed by atoms with E-state index in [1.807, 2.05) is 4.90 Å². The number of aromatic nitrogens is 2. The van der Waals surface area contributed by atoms with Crippen LogP contribution in [-0.2, 0) is 11.0 Å². The number of fused-ring (bicyclic) bond motifs is 3. The van der Waals surface area contributed by atoms with E-state index < -0.39 is 17.9 Å². The molecule has 0 spiro atoms. The third-order valence-electron chi connectivity index (χ3n) is 5.29. The third kappa shape index (κ3) is 2.82. The zero-order valence-electron chi connectivity index (χ0n) is 15.0. The van der Waals surface area contributed by atoms with Gasteiger partial charge in [0.1, 0.15) is 6.04 Å². The maximum atomic E-state index is 13.1. The number of carbonyl (C=O) groups excluding carboxylic acids is 1. The highest BCUT2D eigenvalue weighted by atomic mass is 19.4. The molecule has 1 amide bonds. The Morgan fingerprint density at radius 3 is 2.38 bits per heavy atom. The van der Waals surface area contributed by atoms with Crippen LogP contribution in [0.1, 0.15) is 39.3 Å². The zero-order chi connectivity index (χ0) is 18.9. The summed E-state index contributed by atoms with van der Waals surface area (Å²) in [4.78, 5) is 26.6. The molecule has 3 heterocycles. The topological polar surface area (TPSA) is 52.6 Å². The van der Waals surface area contributed by atoms with E-state index in [0.717, 1.165) is 25.6 Å². The van der Waals surface area contributed by atoms with Gasteiger partial charge in [-0.25, -0.2) is 9.97 Å². The largest absolute Gasteiger partial charge is 0.434 e. The standard InChI is InChI=1S/C17H22F3N5O/c1-16(2,3)23-6-7-24-11(9-23)15(26)25(10-4-5-10)14-13(24)21-8-12(22-14)17(18,19)20/h8,10-11H,4-7,9H2,1-3H3/t11-/m1/s1. The molecule has 6 nitrogen and oxygen atoms in total. The number of piperazine rings is 1. The first-order valence-electron chi connectivity index (χ1n) is 8.86. The van der Waals surface area contributed by atoms with Crippen LogP contribution in [0.15, 0.2) is 6.20 Å². The smallest absolute Gasteiger partial charge is 0.339 e. The van der Waals surface area contributed by atoms with Crippen molar-refractivity contribution in [2.45, 2.75) is 57.4 Å². The number of hydrogen-bond donors (Lipinski definition) is 0. The monoisotopic (exact) mass is 369 g/mol. The Balaban J connectivity index is 1.76. The van der Waals surface area contributed by atoms with E-state index in [1.54, 1.807) is 0 Å². The summed E-state index contributed by atoms with van der Waals surface area (Å²) in [7, 11) is 0. The fourth-order valence-corrected chi connectivity index (χ4v) is 3.68. The van der Waals surface area contributed by atoms with Gasteiger partial charge in [-0.1, -0.05) is 0 Å². The van der Waals surface area contributed by atoms with E-state index in [0.29, 0.717) is 18.9 Å². The fourth-order valence-electron chi connectivity index (χ4n) is 3.68. The SMILES string of the molecule is CC(C)(C)N1CCN2c3ncc(C(F)(F)F)nc3N(C3CC3)C(=O)[C@H]2C1. The van der Waals surface area contributed by atoms with Crippen LogP contribution in [0.4, 0.5) is 24.8 Å². The molecule has 1 saturated heterocycles. The molecule has 26 heavy (non-hydrogen) atoms. The van der Waals surface area contributed by atoms with E-state index in [9.17, 15) is 18.0 Å². The van der Waals surface area contributed by atoms with Crippen molar-refractivity contribution < 1.29 is 18.0 Å². The summed E-state index contributed by atoms with van der Waals surface area (Å²) < 4.78 is 39.3. The van der Waals surface area contributed by atoms with Crippen LogP contribution in [-0.4, -0.2) is 58.0 Å². The third-order valence-corrected chi connectivity index (χ3v) is 5.29. The van der Waals surface area contributed by atoms with Crippen LogP contribution in [0.2, 0.25) is 0 Å². The lowest BCUT2D eigenvalue weighted by Crippen LogP contribution is -2.66. The second-order valence-corrected chi connectivity index (χ2v) is 8.17. The fraction of sp³-hybridized carbons (Fsp3) is 0.706. The molecule has 1 aromatic heterocycles. The van der Waals surface area contributed by atoms with Gasteiger partial charge < -0.3 is 4.90 Å². The average molecular weight is 369 g/mol. The quantitative estimate of drug-likeness (QED) is 0.760. The van der Waals surface area contributed by atoms with Gasteiger partial charge in [-0.2, -0.15) is 13.2 Å². The number of amides is 1. The number of halogens is 3. The van der Waals surface area contributed by atoms with Gasteiger partial charge in [0.05, 0.1) is 6.20 Å². The van der Waals surface area contributed by atoms with Crippen LogP contribution in [0, 0.1) is 0 Å². The first-order valence-corrected chi connectivity index (χ1v) is 8.86. The molecule has 1 aromatic rings. The molecule has 0 N–H and O–H groups in total. The molecule has 3 aliphatic rings. The van der Waals surface area contributed by atoms with Crippen molar-refractivity contribution >= 4 is 17.5 Å². The van der Waals surface area contributed by atoms with Crippen LogP contribution < -0.4 is 9.80 Å². The van der Waals surface area contributed by atoms with Crippen molar-refractivity contribution in [3.63, 3.8) is 0 Å². The van der Waals surface area contributed by atoms with Gasteiger partial charge in [0.25, 0.3) is 5.91 Å². The molecule has 0 radical (unpaired) electrons. The Kier molecular flexibility index (Phi) is 3.74. The highest BCUT2D eigenvalue weighted by molar-refractivity contribution is 6.04. The van der Waals surface area contributed by atoms with Crippen LogP contribution in [0.25, 0.3) is 0 Å². The first-order chi connectivity index (χ1) is 12.1. The molecule has 142 valence electrons. The summed E-state index contributed by atoms with van der Waals surface area (Å²) in [6, 6.07) is -0.492. The van der Waals surface area contributed by atoms with Gasteiger partial charge in [-0.3, -0.25) is 14.6 Å². The molecule has 0 unspecified atom stereocenters. The molecule has 9 heteroatoms. The van der Waals surface area contributed by atoms with Crippen molar-refractivity contribution in [2.75, 3.05) is 29.4 Å². The maximum Gasteiger partial charge on any atom is 0.434 e. The lowest BCUT2D eigenvalue weighted by atomic mass is 10.00. The summed E-state index contributed by atoms with van der Waals surface area (Å²) >= 11 is 0. The molecular formula is C17H22F3N5O. The van der Waals surface area contributed by atoms with Gasteiger partial charge in [-0.05, 0) is 33.6 Å². The van der Waals surface area contributed by atoms with Crippen molar-refractivity contribution in [2.24, 2.45) is 0 Å².